The van der Waals surface area contributed by atoms with Crippen molar-refractivity contribution >= 4 is 11.6 Å². The van der Waals surface area contributed by atoms with E-state index in [0.29, 0.717) is 23.6 Å². The van der Waals surface area contributed by atoms with Crippen LogP contribution in [0.15, 0.2) is 48.8 Å². The first-order chi connectivity index (χ1) is 10.8. The van der Waals surface area contributed by atoms with Crippen molar-refractivity contribution in [2.45, 2.75) is 18.9 Å². The number of aromatic nitrogens is 1. The molecule has 1 amide bonds. The van der Waals surface area contributed by atoms with Crippen LogP contribution in [0.1, 0.15) is 23.2 Å². The molecule has 3 rings (SSSR count). The van der Waals surface area contributed by atoms with E-state index in [9.17, 15) is 4.79 Å². The first kappa shape index (κ1) is 14.5. The molecule has 1 N–H and O–H groups in total. The van der Waals surface area contributed by atoms with Gasteiger partial charge in [0.25, 0.3) is 5.91 Å². The Morgan fingerprint density at radius 1 is 1.36 bits per heavy atom. The second-order valence-electron chi connectivity index (χ2n) is 5.17. The number of pyridine rings is 1. The molecule has 5 heteroatoms. The Hall–Kier alpha value is -2.40. The van der Waals surface area contributed by atoms with Crippen LogP contribution in [0.4, 0.5) is 5.69 Å². The zero-order valence-corrected chi connectivity index (χ0v) is 12.2. The minimum absolute atomic E-state index is 0.160. The lowest BCUT2D eigenvalue weighted by molar-refractivity contribution is 0.0679. The van der Waals surface area contributed by atoms with Crippen LogP contribution in [0.3, 0.4) is 0 Å². The molecule has 1 aromatic heterocycles. The molecule has 5 nitrogen and oxygen atoms in total. The summed E-state index contributed by atoms with van der Waals surface area (Å²) >= 11 is 0. The molecule has 1 aliphatic heterocycles. The predicted octanol–water partition coefficient (Wildman–Crippen LogP) is 2.89. The number of hydrogen-bond acceptors (Lipinski definition) is 4. The molecule has 2 heterocycles. The molecular weight excluding hydrogens is 280 g/mol. The number of nitrogens with zero attached hydrogens (tertiary/aromatic N) is 1. The van der Waals surface area contributed by atoms with Gasteiger partial charge in [0, 0.05) is 18.4 Å². The van der Waals surface area contributed by atoms with Crippen LogP contribution >= 0.6 is 0 Å². The second kappa shape index (κ2) is 7.04. The van der Waals surface area contributed by atoms with E-state index in [0.717, 1.165) is 19.4 Å². The number of benzene rings is 1. The van der Waals surface area contributed by atoms with Crippen molar-refractivity contribution < 1.29 is 14.3 Å². The fraction of sp³-hybridized carbons (Fsp3) is 0.294. The molecule has 1 atom stereocenters. The van der Waals surface area contributed by atoms with E-state index in [1.54, 1.807) is 36.7 Å². The maximum Gasteiger partial charge on any atom is 0.255 e. The highest BCUT2D eigenvalue weighted by Gasteiger charge is 2.16. The van der Waals surface area contributed by atoms with Crippen LogP contribution in [0.5, 0.6) is 5.75 Å². The van der Waals surface area contributed by atoms with E-state index in [2.05, 4.69) is 10.3 Å². The molecule has 0 radical (unpaired) electrons. The molecule has 1 unspecified atom stereocenters. The van der Waals surface area contributed by atoms with Gasteiger partial charge in [-0.25, -0.2) is 0 Å². The molecular formula is C17H18N2O3. The average molecular weight is 298 g/mol. The SMILES string of the molecule is O=C(Nc1cccnc1)c1cccc(OCC2CCCO2)c1. The number of anilines is 1. The monoisotopic (exact) mass is 298 g/mol. The van der Waals surface area contributed by atoms with Crippen molar-refractivity contribution in [1.29, 1.82) is 0 Å². The van der Waals surface area contributed by atoms with Crippen molar-refractivity contribution in [2.24, 2.45) is 0 Å². The Morgan fingerprint density at radius 2 is 2.32 bits per heavy atom. The van der Waals surface area contributed by atoms with Crippen LogP contribution in [-0.2, 0) is 4.74 Å². The van der Waals surface area contributed by atoms with E-state index in [4.69, 9.17) is 9.47 Å². The van der Waals surface area contributed by atoms with E-state index < -0.39 is 0 Å². The number of amides is 1. The average Bonchev–Trinajstić information content (AvgIpc) is 3.08. The molecule has 1 fully saturated rings. The van der Waals surface area contributed by atoms with Gasteiger partial charge in [-0.3, -0.25) is 9.78 Å². The maximum atomic E-state index is 12.2. The Kier molecular flexibility index (Phi) is 4.65. The molecule has 0 bridgehead atoms. The van der Waals surface area contributed by atoms with E-state index in [1.165, 1.54) is 0 Å². The zero-order chi connectivity index (χ0) is 15.2. The molecule has 0 spiro atoms. The number of carbonyl (C=O) groups excluding carboxylic acids is 1. The van der Waals surface area contributed by atoms with Crippen molar-refractivity contribution in [1.82, 2.24) is 4.98 Å². The van der Waals surface area contributed by atoms with E-state index in [-0.39, 0.29) is 12.0 Å². The van der Waals surface area contributed by atoms with Crippen molar-refractivity contribution in [3.63, 3.8) is 0 Å². The van der Waals surface area contributed by atoms with Gasteiger partial charge >= 0.3 is 0 Å². The van der Waals surface area contributed by atoms with Gasteiger partial charge in [0.15, 0.2) is 0 Å². The van der Waals surface area contributed by atoms with Gasteiger partial charge < -0.3 is 14.8 Å². The third-order valence-electron chi connectivity index (χ3n) is 3.48. The minimum Gasteiger partial charge on any atom is -0.491 e. The first-order valence-electron chi connectivity index (χ1n) is 7.37. The molecule has 0 aliphatic carbocycles. The quantitative estimate of drug-likeness (QED) is 0.922. The van der Waals surface area contributed by atoms with Gasteiger partial charge in [-0.05, 0) is 43.2 Å². The summed E-state index contributed by atoms with van der Waals surface area (Å²) in [6, 6.07) is 10.7. The number of ether oxygens (including phenoxy) is 2. The third kappa shape index (κ3) is 3.83. The number of rotatable bonds is 5. The minimum atomic E-state index is -0.185. The van der Waals surface area contributed by atoms with Crippen LogP contribution < -0.4 is 10.1 Å². The zero-order valence-electron chi connectivity index (χ0n) is 12.2. The van der Waals surface area contributed by atoms with Crippen LogP contribution in [0.2, 0.25) is 0 Å². The topological polar surface area (TPSA) is 60.5 Å². The van der Waals surface area contributed by atoms with Gasteiger partial charge in [-0.2, -0.15) is 0 Å². The normalized spacial score (nSPS) is 17.2. The largest absolute Gasteiger partial charge is 0.491 e. The Bertz CT molecular complexity index is 625. The smallest absolute Gasteiger partial charge is 0.255 e. The van der Waals surface area contributed by atoms with E-state index >= 15 is 0 Å². The number of nitrogens with one attached hydrogen (secondary N) is 1. The predicted molar refractivity (Wildman–Crippen MR) is 83.1 cm³/mol. The highest BCUT2D eigenvalue weighted by atomic mass is 16.5. The molecule has 1 aliphatic rings. The maximum absolute atomic E-state index is 12.2. The van der Waals surface area contributed by atoms with Gasteiger partial charge in [0.05, 0.1) is 18.0 Å². The molecule has 1 saturated heterocycles. The molecule has 114 valence electrons. The molecule has 22 heavy (non-hydrogen) atoms. The first-order valence-corrected chi connectivity index (χ1v) is 7.37. The lowest BCUT2D eigenvalue weighted by Gasteiger charge is -2.12. The Morgan fingerprint density at radius 3 is 3.09 bits per heavy atom. The summed E-state index contributed by atoms with van der Waals surface area (Å²) in [7, 11) is 0. The van der Waals surface area contributed by atoms with Crippen LogP contribution in [0.25, 0.3) is 0 Å². The van der Waals surface area contributed by atoms with Crippen molar-refractivity contribution in [2.75, 3.05) is 18.5 Å². The lowest BCUT2D eigenvalue weighted by Crippen LogP contribution is -2.17. The summed E-state index contributed by atoms with van der Waals surface area (Å²) in [6.07, 6.45) is 5.54. The fourth-order valence-electron chi connectivity index (χ4n) is 2.33. The summed E-state index contributed by atoms with van der Waals surface area (Å²) in [5.41, 5.74) is 1.21. The standard InChI is InChI=1S/C17H18N2O3/c20-17(19-14-5-2-8-18-11-14)13-4-1-6-15(10-13)22-12-16-7-3-9-21-16/h1-2,4-6,8,10-11,16H,3,7,9,12H2,(H,19,20). The summed E-state index contributed by atoms with van der Waals surface area (Å²) in [5, 5.41) is 2.80. The molecule has 2 aromatic rings. The van der Waals surface area contributed by atoms with Gasteiger partial charge in [-0.1, -0.05) is 6.07 Å². The van der Waals surface area contributed by atoms with Gasteiger partial charge in [-0.15, -0.1) is 0 Å². The molecule has 0 saturated carbocycles. The highest BCUT2D eigenvalue weighted by Crippen LogP contribution is 2.18. The summed E-state index contributed by atoms with van der Waals surface area (Å²) < 4.78 is 11.2. The Balaban J connectivity index is 1.61. The van der Waals surface area contributed by atoms with E-state index in [1.807, 2.05) is 12.1 Å². The number of hydrogen-bond donors (Lipinski definition) is 1. The summed E-state index contributed by atoms with van der Waals surface area (Å²) in [6.45, 7) is 1.33. The fourth-order valence-corrected chi connectivity index (χ4v) is 2.33. The van der Waals surface area contributed by atoms with Crippen molar-refractivity contribution in [3.8, 4) is 5.75 Å². The summed E-state index contributed by atoms with van der Waals surface area (Å²) in [4.78, 5) is 16.2. The number of carbonyl (C=O) groups is 1. The van der Waals surface area contributed by atoms with Gasteiger partial charge in [0.1, 0.15) is 12.4 Å². The highest BCUT2D eigenvalue weighted by molar-refractivity contribution is 6.04. The van der Waals surface area contributed by atoms with Crippen LogP contribution in [-0.4, -0.2) is 30.2 Å². The Labute approximate surface area is 129 Å². The lowest BCUT2D eigenvalue weighted by atomic mass is 10.2. The van der Waals surface area contributed by atoms with Crippen molar-refractivity contribution in [3.05, 3.63) is 54.4 Å². The second-order valence-corrected chi connectivity index (χ2v) is 5.17. The molecule has 1 aromatic carbocycles. The third-order valence-corrected chi connectivity index (χ3v) is 3.48. The summed E-state index contributed by atoms with van der Waals surface area (Å²) in [5.74, 6) is 0.491. The van der Waals surface area contributed by atoms with Crippen LogP contribution in [0, 0.1) is 0 Å². The van der Waals surface area contributed by atoms with Gasteiger partial charge in [0.2, 0.25) is 0 Å².